The zero-order valence-corrected chi connectivity index (χ0v) is 30.2. The first-order valence-electron chi connectivity index (χ1n) is 19.1. The van der Waals surface area contributed by atoms with Crippen molar-refractivity contribution in [3.8, 4) is 0 Å². The summed E-state index contributed by atoms with van der Waals surface area (Å²) in [6.07, 6.45) is 24.2. The van der Waals surface area contributed by atoms with Crippen molar-refractivity contribution in [1.82, 2.24) is 16.0 Å². The number of hydrogen-bond acceptors (Lipinski definition) is 7. The Morgan fingerprint density at radius 1 is 0.490 bits per heavy atom. The summed E-state index contributed by atoms with van der Waals surface area (Å²) in [6, 6.07) is -1.53. The molecule has 0 spiro atoms. The van der Waals surface area contributed by atoms with E-state index >= 15 is 0 Å². The average Bonchev–Trinajstić information content (AvgIpc) is 3.06. The quantitative estimate of drug-likeness (QED) is 0.0339. The Hall–Kier alpha value is -3.02. The van der Waals surface area contributed by atoms with Crippen molar-refractivity contribution >= 4 is 35.9 Å². The second-order valence-electron chi connectivity index (χ2n) is 13.4. The molecule has 0 saturated heterocycles. The number of carbonyl (C=O) groups excluding carboxylic acids is 4. The Morgan fingerprint density at radius 3 is 1.33 bits per heavy atom. The first-order chi connectivity index (χ1) is 23.6. The molecule has 0 bridgehead atoms. The third kappa shape index (κ3) is 33.3. The van der Waals surface area contributed by atoms with E-state index in [0.29, 0.717) is 38.8 Å². The average molecular weight is 697 g/mol. The summed E-state index contributed by atoms with van der Waals surface area (Å²) in [4.78, 5) is 68.9. The molecule has 3 amide bonds. The largest absolute Gasteiger partial charge is 0.481 e. The molecule has 0 fully saturated rings. The van der Waals surface area contributed by atoms with Gasteiger partial charge < -0.3 is 36.7 Å². The predicted molar refractivity (Wildman–Crippen MR) is 192 cm³/mol. The van der Waals surface area contributed by atoms with Crippen LogP contribution in [0.2, 0.25) is 0 Å². The molecular formula is C37H68N4O8. The van der Waals surface area contributed by atoms with E-state index in [2.05, 4.69) is 16.0 Å². The highest BCUT2D eigenvalue weighted by molar-refractivity contribution is 5.84. The molecule has 0 rings (SSSR count). The van der Waals surface area contributed by atoms with Crippen molar-refractivity contribution in [3.05, 3.63) is 0 Å². The zero-order chi connectivity index (χ0) is 36.4. The van der Waals surface area contributed by atoms with Gasteiger partial charge in [-0.15, -0.1) is 0 Å². The summed E-state index contributed by atoms with van der Waals surface area (Å²) < 4.78 is 0. The molecule has 7 N–H and O–H groups in total. The number of unbranched alkanes of at least 4 members (excludes halogenated alkanes) is 18. The molecule has 12 nitrogen and oxygen atoms in total. The molecule has 0 saturated carbocycles. The fourth-order valence-electron chi connectivity index (χ4n) is 5.63. The molecule has 49 heavy (non-hydrogen) atoms. The molecule has 0 aliphatic heterocycles. The van der Waals surface area contributed by atoms with Gasteiger partial charge in [-0.2, -0.15) is 0 Å². The number of hydrogen-bond donors (Lipinski definition) is 6. The van der Waals surface area contributed by atoms with Crippen LogP contribution in [-0.2, 0) is 28.8 Å². The third-order valence-electron chi connectivity index (χ3n) is 8.70. The van der Waals surface area contributed by atoms with Crippen LogP contribution in [-0.4, -0.2) is 71.3 Å². The van der Waals surface area contributed by atoms with E-state index in [1.807, 2.05) is 0 Å². The molecule has 0 aromatic heterocycles. The van der Waals surface area contributed by atoms with Crippen LogP contribution in [0.25, 0.3) is 0 Å². The van der Waals surface area contributed by atoms with E-state index in [9.17, 15) is 33.9 Å². The summed E-state index contributed by atoms with van der Waals surface area (Å²) in [7, 11) is 0. The lowest BCUT2D eigenvalue weighted by Crippen LogP contribution is -2.41. The van der Waals surface area contributed by atoms with E-state index < -0.39 is 24.0 Å². The monoisotopic (exact) mass is 697 g/mol. The highest BCUT2D eigenvalue weighted by Gasteiger charge is 2.20. The second-order valence-corrected chi connectivity index (χ2v) is 13.4. The predicted octanol–water partition coefficient (Wildman–Crippen LogP) is 5.93. The number of nitrogens with one attached hydrogen (secondary N) is 3. The van der Waals surface area contributed by atoms with Crippen LogP contribution in [0, 0.1) is 0 Å². The van der Waals surface area contributed by atoms with Crippen molar-refractivity contribution < 1.29 is 39.0 Å². The smallest absolute Gasteiger partial charge is 0.326 e. The maximum absolute atomic E-state index is 12.3. The van der Waals surface area contributed by atoms with Gasteiger partial charge in [0.05, 0.1) is 6.04 Å². The standard InChI is InChI=1S/C37H68N4O8/c38-31(30-42)22-19-21-29-39-33(43)23-17-15-20-28-40-34(44)27-26-32(37(48)49)41-35(45)24-16-13-11-9-7-5-3-1-2-4-6-8-10-12-14-18-25-36(46)47/h30-32H,1-29,38H2,(H,39,43)(H,40,44)(H,41,45)(H,46,47)(H,48,49)/t31-,32-/m0/s1. The minimum Gasteiger partial charge on any atom is -0.481 e. The Morgan fingerprint density at radius 2 is 0.878 bits per heavy atom. The van der Waals surface area contributed by atoms with E-state index in [1.165, 1.54) is 57.8 Å². The van der Waals surface area contributed by atoms with Crippen molar-refractivity contribution in [2.24, 2.45) is 5.73 Å². The number of amides is 3. The van der Waals surface area contributed by atoms with Gasteiger partial charge in [-0.1, -0.05) is 96.3 Å². The van der Waals surface area contributed by atoms with E-state index in [0.717, 1.165) is 70.5 Å². The first kappa shape index (κ1) is 46.0. The van der Waals surface area contributed by atoms with Crippen LogP contribution in [0.4, 0.5) is 0 Å². The van der Waals surface area contributed by atoms with Crippen molar-refractivity contribution in [2.45, 2.75) is 185 Å². The lowest BCUT2D eigenvalue weighted by molar-refractivity contribution is -0.142. The Labute approximate surface area is 294 Å². The SMILES string of the molecule is N[C@H](C=O)CCCCNC(=O)CCCCCNC(=O)CC[C@H](NC(=O)CCCCCCCCCCCCCCCCCCC(=O)O)C(=O)O. The lowest BCUT2D eigenvalue weighted by atomic mass is 10.0. The molecule has 0 radical (unpaired) electrons. The van der Waals surface area contributed by atoms with E-state index in [-0.39, 0.29) is 43.4 Å². The third-order valence-corrected chi connectivity index (χ3v) is 8.70. The van der Waals surface area contributed by atoms with Gasteiger partial charge in [0, 0.05) is 38.8 Å². The van der Waals surface area contributed by atoms with Gasteiger partial charge in [0.1, 0.15) is 12.3 Å². The number of nitrogens with two attached hydrogens (primary N) is 1. The molecule has 0 aromatic carbocycles. The van der Waals surface area contributed by atoms with Crippen molar-refractivity contribution in [3.63, 3.8) is 0 Å². The van der Waals surface area contributed by atoms with Crippen LogP contribution in [0.1, 0.15) is 173 Å². The zero-order valence-electron chi connectivity index (χ0n) is 30.2. The second kappa shape index (κ2) is 33.5. The Balaban J connectivity index is 3.68. The maximum Gasteiger partial charge on any atom is 0.326 e. The summed E-state index contributed by atoms with van der Waals surface area (Å²) in [5.74, 6) is -2.42. The van der Waals surface area contributed by atoms with Crippen LogP contribution in [0.5, 0.6) is 0 Å². The lowest BCUT2D eigenvalue weighted by Gasteiger charge is -2.14. The minimum absolute atomic E-state index is 0.00891. The summed E-state index contributed by atoms with van der Waals surface area (Å²) in [5.41, 5.74) is 5.53. The highest BCUT2D eigenvalue weighted by Crippen LogP contribution is 2.14. The number of carboxylic acid groups (broad SMARTS) is 2. The molecule has 0 aliphatic carbocycles. The molecule has 0 heterocycles. The van der Waals surface area contributed by atoms with Crippen LogP contribution < -0.4 is 21.7 Å². The van der Waals surface area contributed by atoms with Crippen LogP contribution in [0.3, 0.4) is 0 Å². The van der Waals surface area contributed by atoms with Gasteiger partial charge in [0.2, 0.25) is 17.7 Å². The van der Waals surface area contributed by atoms with Crippen LogP contribution >= 0.6 is 0 Å². The summed E-state index contributed by atoms with van der Waals surface area (Å²) in [6.45, 7) is 1.01. The van der Waals surface area contributed by atoms with Gasteiger partial charge in [-0.05, 0) is 51.4 Å². The van der Waals surface area contributed by atoms with Crippen LogP contribution in [0.15, 0.2) is 0 Å². The summed E-state index contributed by atoms with van der Waals surface area (Å²) >= 11 is 0. The van der Waals surface area contributed by atoms with E-state index in [4.69, 9.17) is 10.8 Å². The van der Waals surface area contributed by atoms with Gasteiger partial charge in [0.15, 0.2) is 0 Å². The van der Waals surface area contributed by atoms with E-state index in [1.54, 1.807) is 0 Å². The number of rotatable bonds is 36. The normalized spacial score (nSPS) is 12.2. The Kier molecular flexibility index (Phi) is 31.4. The number of aliphatic carboxylic acids is 2. The van der Waals surface area contributed by atoms with Gasteiger partial charge in [0.25, 0.3) is 0 Å². The van der Waals surface area contributed by atoms with Gasteiger partial charge in [-0.25, -0.2) is 4.79 Å². The fraction of sp³-hybridized carbons (Fsp3) is 0.838. The summed E-state index contributed by atoms with van der Waals surface area (Å²) in [5, 5.41) is 26.3. The fourth-order valence-corrected chi connectivity index (χ4v) is 5.63. The van der Waals surface area contributed by atoms with Gasteiger partial charge in [-0.3, -0.25) is 19.2 Å². The molecule has 0 aliphatic rings. The molecule has 0 unspecified atom stereocenters. The molecule has 2 atom stereocenters. The molecule has 12 heteroatoms. The van der Waals surface area contributed by atoms with Crippen molar-refractivity contribution in [1.29, 1.82) is 0 Å². The highest BCUT2D eigenvalue weighted by atomic mass is 16.4. The molecule has 0 aromatic rings. The Bertz CT molecular complexity index is 902. The van der Waals surface area contributed by atoms with Crippen molar-refractivity contribution in [2.75, 3.05) is 13.1 Å². The number of aldehydes is 1. The molecule has 284 valence electrons. The van der Waals surface area contributed by atoms with Gasteiger partial charge >= 0.3 is 11.9 Å². The maximum atomic E-state index is 12.3. The number of carboxylic acids is 2. The minimum atomic E-state index is -1.14. The molecular weight excluding hydrogens is 628 g/mol. The topological polar surface area (TPSA) is 205 Å². The number of carbonyl (C=O) groups is 6. The first-order valence-corrected chi connectivity index (χ1v) is 19.1.